The zero-order valence-electron chi connectivity index (χ0n) is 25.1. The average molecular weight is 629 g/mol. The molecule has 4 rings (SSSR count). The zero-order valence-corrected chi connectivity index (χ0v) is 25.8. The van der Waals surface area contributed by atoms with Crippen LogP contribution in [0.3, 0.4) is 0 Å². The van der Waals surface area contributed by atoms with Crippen LogP contribution in [0, 0.1) is 5.82 Å². The molecular formula is C31H38ClFN6O5. The van der Waals surface area contributed by atoms with Crippen LogP contribution in [-0.4, -0.2) is 89.8 Å². The predicted octanol–water partition coefficient (Wildman–Crippen LogP) is 5.23. The Hall–Kier alpha value is -4.16. The molecule has 0 spiro atoms. The van der Waals surface area contributed by atoms with Crippen LogP contribution < -0.4 is 10.6 Å². The van der Waals surface area contributed by atoms with E-state index in [1.54, 1.807) is 19.2 Å². The monoisotopic (exact) mass is 628 g/mol. The molecule has 1 saturated heterocycles. The highest BCUT2D eigenvalue weighted by Crippen LogP contribution is 2.22. The molecular weight excluding hydrogens is 591 g/mol. The van der Waals surface area contributed by atoms with E-state index in [1.807, 2.05) is 35.2 Å². The third-order valence-electron chi connectivity index (χ3n) is 7.63. The molecule has 1 aliphatic heterocycles. The molecule has 11 nitrogen and oxygen atoms in total. The van der Waals surface area contributed by atoms with Crippen LogP contribution in [0.5, 0.6) is 0 Å². The number of carbonyl (C=O) groups is 3. The van der Waals surface area contributed by atoms with Gasteiger partial charge in [-0.3, -0.25) is 15.0 Å². The summed E-state index contributed by atoms with van der Waals surface area (Å²) in [6.07, 6.45) is -0.392. The number of hydrogen-bond donors (Lipinski definition) is 2. The van der Waals surface area contributed by atoms with Crippen molar-refractivity contribution in [2.75, 3.05) is 45.2 Å². The van der Waals surface area contributed by atoms with Gasteiger partial charge < -0.3 is 24.4 Å². The number of nitrogens with one attached hydrogen (secondary N) is 2. The molecule has 4 amide bonds. The van der Waals surface area contributed by atoms with Crippen molar-refractivity contribution in [3.05, 3.63) is 71.0 Å². The quantitative estimate of drug-likeness (QED) is 0.299. The Balaban J connectivity index is 1.35. The fraction of sp³-hybridized carbons (Fsp3) is 0.419. The average Bonchev–Trinajstić information content (AvgIpc) is 3.50. The van der Waals surface area contributed by atoms with E-state index in [1.165, 1.54) is 17.0 Å². The molecule has 1 fully saturated rings. The number of benzene rings is 2. The van der Waals surface area contributed by atoms with Gasteiger partial charge in [-0.1, -0.05) is 59.2 Å². The number of anilines is 1. The smallest absolute Gasteiger partial charge is 0.414 e. The Morgan fingerprint density at radius 2 is 1.82 bits per heavy atom. The number of halogens is 2. The van der Waals surface area contributed by atoms with Gasteiger partial charge in [-0.25, -0.2) is 14.0 Å². The fourth-order valence-electron chi connectivity index (χ4n) is 4.86. The number of carbonyl (C=O) groups excluding carboxylic acids is 3. The van der Waals surface area contributed by atoms with Crippen LogP contribution >= 0.6 is 11.6 Å². The van der Waals surface area contributed by atoms with Gasteiger partial charge in [-0.15, -0.1) is 0 Å². The van der Waals surface area contributed by atoms with Crippen LogP contribution in [0.15, 0.2) is 59.1 Å². The predicted molar refractivity (Wildman–Crippen MR) is 165 cm³/mol. The highest BCUT2D eigenvalue weighted by Gasteiger charge is 2.27. The first-order valence-electron chi connectivity index (χ1n) is 14.5. The lowest BCUT2D eigenvalue weighted by Crippen LogP contribution is -2.51. The molecule has 0 bridgehead atoms. The van der Waals surface area contributed by atoms with Crippen molar-refractivity contribution >= 4 is 35.5 Å². The van der Waals surface area contributed by atoms with Crippen molar-refractivity contribution in [3.8, 4) is 11.3 Å². The Kier molecular flexibility index (Phi) is 11.6. The van der Waals surface area contributed by atoms with Gasteiger partial charge >= 0.3 is 12.1 Å². The Morgan fingerprint density at radius 1 is 1.09 bits per heavy atom. The van der Waals surface area contributed by atoms with Crippen molar-refractivity contribution in [1.82, 2.24) is 25.2 Å². The molecule has 236 valence electrons. The Labute approximate surface area is 261 Å². The second-order valence-corrected chi connectivity index (χ2v) is 11.2. The Bertz CT molecular complexity index is 1410. The summed E-state index contributed by atoms with van der Waals surface area (Å²) in [5, 5.41) is 9.11. The van der Waals surface area contributed by atoms with Crippen LogP contribution in [-0.2, 0) is 16.1 Å². The first-order chi connectivity index (χ1) is 21.1. The maximum absolute atomic E-state index is 13.8. The molecule has 1 aromatic heterocycles. The fourth-order valence-corrected chi connectivity index (χ4v) is 5.05. The number of likely N-dealkylation sites (N-methyl/N-ethyl adjacent to an activating group) is 1. The van der Waals surface area contributed by atoms with Crippen molar-refractivity contribution < 1.29 is 28.0 Å². The first kappa shape index (κ1) is 32.7. The van der Waals surface area contributed by atoms with Crippen molar-refractivity contribution in [1.29, 1.82) is 0 Å². The summed E-state index contributed by atoms with van der Waals surface area (Å²) in [5.74, 6) is -0.517. The van der Waals surface area contributed by atoms with E-state index in [-0.39, 0.29) is 42.8 Å². The maximum Gasteiger partial charge on any atom is 0.414 e. The molecule has 1 atom stereocenters. The van der Waals surface area contributed by atoms with Gasteiger partial charge in [0, 0.05) is 63.9 Å². The van der Waals surface area contributed by atoms with E-state index in [9.17, 15) is 18.8 Å². The molecule has 0 aliphatic carbocycles. The number of piperazine rings is 1. The minimum absolute atomic E-state index is 0.0118. The third-order valence-corrected chi connectivity index (χ3v) is 8.05. The third kappa shape index (κ3) is 8.93. The molecule has 3 aromatic rings. The summed E-state index contributed by atoms with van der Waals surface area (Å²) in [6, 6.07) is 14.5. The number of ether oxygens (including phenoxy) is 1. The summed E-state index contributed by atoms with van der Waals surface area (Å²) in [5.41, 5.74) is 1.78. The van der Waals surface area contributed by atoms with E-state index in [4.69, 9.17) is 20.9 Å². The van der Waals surface area contributed by atoms with Crippen LogP contribution in [0.1, 0.15) is 32.3 Å². The van der Waals surface area contributed by atoms with Gasteiger partial charge in [0.15, 0.2) is 0 Å². The molecule has 2 aromatic carbocycles. The van der Waals surface area contributed by atoms with Crippen molar-refractivity contribution in [3.63, 3.8) is 0 Å². The van der Waals surface area contributed by atoms with Crippen LogP contribution in [0.25, 0.3) is 11.3 Å². The standard InChI is InChI=1S/C31H38ClFN6O5/c1-21(2)38-14-16-39(17-15-38)28(40)13-12-24(37(3)30(41)34-19-23-10-7-11-25(33)29(23)32)20-43-31(42)35-27-18-26(36-44-27)22-8-5-4-6-9-22/h4-11,18,21,24H,12-17,19-20H2,1-3H3,(H,34,41)(H,35,42)/t24-/m0/s1. The van der Waals surface area contributed by atoms with E-state index in [0.717, 1.165) is 18.7 Å². The topological polar surface area (TPSA) is 120 Å². The highest BCUT2D eigenvalue weighted by molar-refractivity contribution is 6.31. The molecule has 13 heteroatoms. The highest BCUT2D eigenvalue weighted by atomic mass is 35.5. The van der Waals surface area contributed by atoms with Gasteiger partial charge in [0.05, 0.1) is 11.1 Å². The summed E-state index contributed by atoms with van der Waals surface area (Å²) in [7, 11) is 1.54. The van der Waals surface area contributed by atoms with E-state index >= 15 is 0 Å². The molecule has 2 N–H and O–H groups in total. The molecule has 1 aliphatic rings. The lowest BCUT2D eigenvalue weighted by atomic mass is 10.1. The molecule has 44 heavy (non-hydrogen) atoms. The van der Waals surface area contributed by atoms with Crippen LogP contribution in [0.2, 0.25) is 5.02 Å². The molecule has 0 saturated carbocycles. The number of urea groups is 1. The summed E-state index contributed by atoms with van der Waals surface area (Å²) in [4.78, 5) is 44.3. The lowest BCUT2D eigenvalue weighted by molar-refractivity contribution is -0.133. The van der Waals surface area contributed by atoms with Crippen molar-refractivity contribution in [2.45, 2.75) is 45.3 Å². The maximum atomic E-state index is 13.8. The van der Waals surface area contributed by atoms with Gasteiger partial charge in [-0.05, 0) is 31.9 Å². The molecule has 0 unspecified atom stereocenters. The van der Waals surface area contributed by atoms with Crippen molar-refractivity contribution in [2.24, 2.45) is 0 Å². The SMILES string of the molecule is CC(C)N1CCN(C(=O)CC[C@@H](COC(=O)Nc2cc(-c3ccccc3)no2)N(C)C(=O)NCc2cccc(F)c2Cl)CC1. The summed E-state index contributed by atoms with van der Waals surface area (Å²) < 4.78 is 24.5. The molecule has 0 radical (unpaired) electrons. The number of hydrogen-bond acceptors (Lipinski definition) is 7. The van der Waals surface area contributed by atoms with Gasteiger partial charge in [-0.2, -0.15) is 0 Å². The second kappa shape index (κ2) is 15.5. The Morgan fingerprint density at radius 3 is 2.52 bits per heavy atom. The summed E-state index contributed by atoms with van der Waals surface area (Å²) >= 11 is 6.03. The summed E-state index contributed by atoms with van der Waals surface area (Å²) in [6.45, 7) is 6.93. The van der Waals surface area contributed by atoms with E-state index < -0.39 is 24.0 Å². The molecule has 2 heterocycles. The van der Waals surface area contributed by atoms with Crippen LogP contribution in [0.4, 0.5) is 19.9 Å². The minimum atomic E-state index is -0.803. The minimum Gasteiger partial charge on any atom is -0.447 e. The van der Waals surface area contributed by atoms with E-state index in [2.05, 4.69) is 34.5 Å². The second-order valence-electron chi connectivity index (χ2n) is 10.9. The normalized spacial score (nSPS) is 14.3. The van der Waals surface area contributed by atoms with Gasteiger partial charge in [0.2, 0.25) is 11.8 Å². The van der Waals surface area contributed by atoms with Gasteiger partial charge in [0.1, 0.15) is 18.1 Å². The lowest BCUT2D eigenvalue weighted by Gasteiger charge is -2.37. The van der Waals surface area contributed by atoms with E-state index in [0.29, 0.717) is 30.4 Å². The number of rotatable bonds is 11. The zero-order chi connectivity index (χ0) is 31.6. The largest absolute Gasteiger partial charge is 0.447 e. The first-order valence-corrected chi connectivity index (χ1v) is 14.9. The number of amides is 4. The number of nitrogens with zero attached hydrogens (tertiary/aromatic N) is 4. The van der Waals surface area contributed by atoms with Gasteiger partial charge in [0.25, 0.3) is 0 Å². The number of aromatic nitrogens is 1.